The SMILES string of the molecule is C.C[C@@H](O)[C@H](NC(=O)c1ccc(-c2ccccc2)s1)C(=O)NO. The Labute approximate surface area is 138 Å². The summed E-state index contributed by atoms with van der Waals surface area (Å²) < 4.78 is 0. The van der Waals surface area contributed by atoms with Crippen LogP contribution in [0.5, 0.6) is 0 Å². The van der Waals surface area contributed by atoms with Crippen LogP contribution in [-0.4, -0.2) is 34.3 Å². The molecule has 2 aromatic rings. The number of rotatable bonds is 5. The highest BCUT2D eigenvalue weighted by atomic mass is 32.1. The lowest BCUT2D eigenvalue weighted by Crippen LogP contribution is -2.51. The lowest BCUT2D eigenvalue weighted by Gasteiger charge is -2.18. The van der Waals surface area contributed by atoms with Gasteiger partial charge in [-0.05, 0) is 24.6 Å². The van der Waals surface area contributed by atoms with E-state index in [1.54, 1.807) is 6.07 Å². The molecule has 0 fully saturated rings. The lowest BCUT2D eigenvalue weighted by atomic mass is 10.1. The number of hydrogen-bond donors (Lipinski definition) is 4. The summed E-state index contributed by atoms with van der Waals surface area (Å²) >= 11 is 1.28. The Morgan fingerprint density at radius 3 is 2.35 bits per heavy atom. The first-order valence-corrected chi connectivity index (χ1v) is 7.42. The van der Waals surface area contributed by atoms with Crippen molar-refractivity contribution in [3.05, 3.63) is 47.3 Å². The lowest BCUT2D eigenvalue weighted by molar-refractivity contribution is -0.133. The Morgan fingerprint density at radius 2 is 1.78 bits per heavy atom. The van der Waals surface area contributed by atoms with Crippen LogP contribution in [0, 0.1) is 0 Å². The molecule has 7 heteroatoms. The molecule has 0 radical (unpaired) electrons. The summed E-state index contributed by atoms with van der Waals surface area (Å²) in [6.07, 6.45) is -1.13. The van der Waals surface area contributed by atoms with Crippen molar-refractivity contribution in [1.29, 1.82) is 0 Å². The van der Waals surface area contributed by atoms with Gasteiger partial charge in [-0.25, -0.2) is 5.48 Å². The predicted molar refractivity (Wildman–Crippen MR) is 89.4 cm³/mol. The van der Waals surface area contributed by atoms with Gasteiger partial charge >= 0.3 is 0 Å². The van der Waals surface area contributed by atoms with E-state index in [-0.39, 0.29) is 7.43 Å². The fourth-order valence-corrected chi connectivity index (χ4v) is 2.82. The highest BCUT2D eigenvalue weighted by Crippen LogP contribution is 2.27. The van der Waals surface area contributed by atoms with Crippen molar-refractivity contribution >= 4 is 23.2 Å². The minimum Gasteiger partial charge on any atom is -0.391 e. The van der Waals surface area contributed by atoms with Crippen molar-refractivity contribution in [2.75, 3.05) is 0 Å². The van der Waals surface area contributed by atoms with Gasteiger partial charge in [-0.2, -0.15) is 0 Å². The minimum absolute atomic E-state index is 0. The molecule has 0 aliphatic rings. The van der Waals surface area contributed by atoms with Gasteiger partial charge in [0.2, 0.25) is 0 Å². The van der Waals surface area contributed by atoms with E-state index in [9.17, 15) is 14.7 Å². The zero-order valence-corrected chi connectivity index (χ0v) is 12.6. The van der Waals surface area contributed by atoms with E-state index in [1.165, 1.54) is 23.7 Å². The number of carbonyl (C=O) groups is 2. The second kappa shape index (κ2) is 8.42. The standard InChI is InChI=1S/C15H16N2O4S.CH4/c1-9(18)13(15(20)17-21)16-14(19)12-8-7-11(22-12)10-5-3-2-4-6-10;/h2-9,13,18,21H,1H3,(H,16,19)(H,17,20);1H4/t9-,13+;/m1./s1. The second-order valence-corrected chi connectivity index (χ2v) is 5.78. The van der Waals surface area contributed by atoms with Crippen LogP contribution in [0.1, 0.15) is 24.0 Å². The number of carbonyl (C=O) groups excluding carboxylic acids is 2. The normalized spacial score (nSPS) is 12.7. The Bertz CT molecular complexity index is 655. The Hall–Kier alpha value is -2.22. The number of thiophene rings is 1. The van der Waals surface area contributed by atoms with Crippen LogP contribution in [0.15, 0.2) is 42.5 Å². The van der Waals surface area contributed by atoms with E-state index in [0.29, 0.717) is 4.88 Å². The first-order chi connectivity index (χ1) is 10.5. The van der Waals surface area contributed by atoms with Crippen LogP contribution in [0.2, 0.25) is 0 Å². The second-order valence-electron chi connectivity index (χ2n) is 4.70. The Morgan fingerprint density at radius 1 is 1.13 bits per heavy atom. The van der Waals surface area contributed by atoms with Gasteiger partial charge in [-0.1, -0.05) is 37.8 Å². The van der Waals surface area contributed by atoms with Crippen LogP contribution >= 0.6 is 11.3 Å². The number of hydroxylamine groups is 1. The maximum absolute atomic E-state index is 12.2. The average molecular weight is 336 g/mol. The molecule has 1 heterocycles. The van der Waals surface area contributed by atoms with Gasteiger partial charge in [0.1, 0.15) is 6.04 Å². The molecule has 1 aromatic carbocycles. The molecule has 0 saturated carbocycles. The molecule has 1 aromatic heterocycles. The van der Waals surface area contributed by atoms with E-state index in [2.05, 4.69) is 5.32 Å². The zero-order chi connectivity index (χ0) is 16.1. The molecule has 0 unspecified atom stereocenters. The summed E-state index contributed by atoms with van der Waals surface area (Å²) in [6.45, 7) is 1.35. The van der Waals surface area contributed by atoms with Crippen LogP contribution in [0.3, 0.4) is 0 Å². The van der Waals surface area contributed by atoms with Gasteiger partial charge in [0.15, 0.2) is 0 Å². The molecule has 4 N–H and O–H groups in total. The number of amides is 2. The third-order valence-corrected chi connectivity index (χ3v) is 4.18. The fraction of sp³-hybridized carbons (Fsp3) is 0.250. The Balaban J connectivity index is 0.00000264. The van der Waals surface area contributed by atoms with E-state index < -0.39 is 24.0 Å². The third-order valence-electron chi connectivity index (χ3n) is 3.05. The smallest absolute Gasteiger partial charge is 0.268 e. The Kier molecular flexibility index (Phi) is 6.89. The van der Waals surface area contributed by atoms with Crippen LogP contribution in [-0.2, 0) is 4.79 Å². The molecular weight excluding hydrogens is 316 g/mol. The summed E-state index contributed by atoms with van der Waals surface area (Å²) in [5.74, 6) is -1.36. The first-order valence-electron chi connectivity index (χ1n) is 6.61. The summed E-state index contributed by atoms with van der Waals surface area (Å²) in [4.78, 5) is 24.9. The summed E-state index contributed by atoms with van der Waals surface area (Å²) in [5, 5.41) is 20.5. The molecule has 0 spiro atoms. The van der Waals surface area contributed by atoms with E-state index >= 15 is 0 Å². The number of benzene rings is 1. The summed E-state index contributed by atoms with van der Waals surface area (Å²) in [5.41, 5.74) is 2.42. The molecule has 0 bridgehead atoms. The van der Waals surface area contributed by atoms with Gasteiger partial charge in [0.05, 0.1) is 11.0 Å². The maximum Gasteiger partial charge on any atom is 0.268 e. The van der Waals surface area contributed by atoms with E-state index in [4.69, 9.17) is 5.21 Å². The number of hydrogen-bond acceptors (Lipinski definition) is 5. The molecule has 0 aliphatic carbocycles. The molecule has 6 nitrogen and oxygen atoms in total. The predicted octanol–water partition coefficient (Wildman–Crippen LogP) is 2.04. The number of aliphatic hydroxyl groups excluding tert-OH is 1. The molecule has 0 saturated heterocycles. The minimum atomic E-state index is -1.22. The van der Waals surface area contributed by atoms with Crippen molar-refractivity contribution in [2.45, 2.75) is 26.5 Å². The monoisotopic (exact) mass is 336 g/mol. The van der Waals surface area contributed by atoms with Crippen LogP contribution in [0.25, 0.3) is 10.4 Å². The molecule has 2 atom stereocenters. The zero-order valence-electron chi connectivity index (χ0n) is 11.8. The van der Waals surface area contributed by atoms with Crippen molar-refractivity contribution in [3.8, 4) is 10.4 Å². The van der Waals surface area contributed by atoms with Crippen molar-refractivity contribution in [1.82, 2.24) is 10.8 Å². The van der Waals surface area contributed by atoms with Gasteiger partial charge in [-0.15, -0.1) is 11.3 Å². The van der Waals surface area contributed by atoms with E-state index in [0.717, 1.165) is 10.4 Å². The molecule has 124 valence electrons. The molecule has 0 aliphatic heterocycles. The van der Waals surface area contributed by atoms with Crippen molar-refractivity contribution < 1.29 is 19.9 Å². The molecule has 23 heavy (non-hydrogen) atoms. The number of aliphatic hydroxyl groups is 1. The van der Waals surface area contributed by atoms with Gasteiger partial charge < -0.3 is 10.4 Å². The van der Waals surface area contributed by atoms with Gasteiger partial charge in [0.25, 0.3) is 11.8 Å². The van der Waals surface area contributed by atoms with E-state index in [1.807, 2.05) is 36.4 Å². The first kappa shape index (κ1) is 18.8. The molecule has 2 rings (SSSR count). The van der Waals surface area contributed by atoms with Crippen molar-refractivity contribution in [3.63, 3.8) is 0 Å². The van der Waals surface area contributed by atoms with Crippen LogP contribution in [0.4, 0.5) is 0 Å². The highest BCUT2D eigenvalue weighted by molar-refractivity contribution is 7.17. The van der Waals surface area contributed by atoms with Crippen LogP contribution < -0.4 is 10.8 Å². The van der Waals surface area contributed by atoms with Gasteiger partial charge in [-0.3, -0.25) is 14.8 Å². The third kappa shape index (κ3) is 4.62. The average Bonchev–Trinajstić information content (AvgIpc) is 3.02. The quantitative estimate of drug-likeness (QED) is 0.496. The number of nitrogens with one attached hydrogen (secondary N) is 2. The summed E-state index contributed by atoms with van der Waals surface area (Å²) in [6, 6.07) is 11.8. The molecule has 2 amide bonds. The fourth-order valence-electron chi connectivity index (χ4n) is 1.90. The maximum atomic E-state index is 12.2. The van der Waals surface area contributed by atoms with Crippen molar-refractivity contribution in [2.24, 2.45) is 0 Å². The summed E-state index contributed by atoms with van der Waals surface area (Å²) in [7, 11) is 0. The topological polar surface area (TPSA) is 98.7 Å². The largest absolute Gasteiger partial charge is 0.391 e. The highest BCUT2D eigenvalue weighted by Gasteiger charge is 2.26. The molecular formula is C16H20N2O4S. The van der Waals surface area contributed by atoms with Gasteiger partial charge in [0, 0.05) is 4.88 Å².